The Bertz CT molecular complexity index is 1420. The number of hydrogen-bond acceptors (Lipinski definition) is 4. The van der Waals surface area contributed by atoms with E-state index in [9.17, 15) is 18.8 Å². The number of anilines is 1. The second-order valence-electron chi connectivity index (χ2n) is 11.3. The SMILES string of the molecule is CC(=O)N(C)[C@H]1CC[C@H](CC(=O)Nc2cnc(-c3ccc(C(C)(C)NC(=O)O)cc3)c(-c3ccccc3F)c2)CC1. The molecule has 0 saturated heterocycles. The number of rotatable bonds is 8. The summed E-state index contributed by atoms with van der Waals surface area (Å²) in [6.07, 6.45) is 4.33. The van der Waals surface area contributed by atoms with Crippen molar-refractivity contribution < 1.29 is 23.9 Å². The van der Waals surface area contributed by atoms with Crippen molar-refractivity contribution >= 4 is 23.6 Å². The number of carbonyl (C=O) groups excluding carboxylic acids is 2. The molecular weight excluding hydrogens is 523 g/mol. The summed E-state index contributed by atoms with van der Waals surface area (Å²) in [5.41, 5.74) is 2.59. The minimum Gasteiger partial charge on any atom is -0.465 e. The zero-order valence-corrected chi connectivity index (χ0v) is 23.9. The third kappa shape index (κ3) is 7.28. The van der Waals surface area contributed by atoms with Gasteiger partial charge in [-0.25, -0.2) is 9.18 Å². The quantitative estimate of drug-likeness (QED) is 0.294. The lowest BCUT2D eigenvalue weighted by Crippen LogP contribution is -2.39. The Hall–Kier alpha value is -4.27. The molecule has 216 valence electrons. The lowest BCUT2D eigenvalue weighted by Gasteiger charge is -2.34. The molecule has 2 aromatic carbocycles. The van der Waals surface area contributed by atoms with E-state index in [1.165, 1.54) is 6.07 Å². The minimum atomic E-state index is -1.12. The number of aromatic nitrogens is 1. The maximum atomic E-state index is 15.0. The van der Waals surface area contributed by atoms with Gasteiger partial charge in [0.05, 0.1) is 23.1 Å². The van der Waals surface area contributed by atoms with Gasteiger partial charge >= 0.3 is 6.09 Å². The van der Waals surface area contributed by atoms with Gasteiger partial charge in [-0.15, -0.1) is 0 Å². The maximum absolute atomic E-state index is 15.0. The summed E-state index contributed by atoms with van der Waals surface area (Å²) in [5.74, 6) is -0.235. The number of nitrogens with one attached hydrogen (secondary N) is 2. The molecule has 0 radical (unpaired) electrons. The van der Waals surface area contributed by atoms with Crippen molar-refractivity contribution in [2.45, 2.75) is 64.5 Å². The molecular formula is C32H37FN4O4. The number of halogens is 1. The van der Waals surface area contributed by atoms with Crippen LogP contribution in [0.2, 0.25) is 0 Å². The first kappa shape index (κ1) is 29.7. The predicted molar refractivity (Wildman–Crippen MR) is 157 cm³/mol. The van der Waals surface area contributed by atoms with Crippen molar-refractivity contribution in [2.24, 2.45) is 5.92 Å². The number of benzene rings is 2. The molecule has 4 rings (SSSR count). The lowest BCUT2D eigenvalue weighted by molar-refractivity contribution is -0.130. The molecule has 1 heterocycles. The standard InChI is InChI=1S/C32H37FN4O4/c1-20(38)37(4)25-15-9-21(10-16-25)17-29(39)35-24-18-27(26-7-5-6-8-28(26)33)30(34-19-24)22-11-13-23(14-12-22)32(2,3)36-31(40)41/h5-8,11-14,18-19,21,25,36H,9-10,15-17H2,1-4H3,(H,35,39)(H,40,41)/t21-,25-. The summed E-state index contributed by atoms with van der Waals surface area (Å²) in [5, 5.41) is 14.6. The molecule has 0 unspecified atom stereocenters. The van der Waals surface area contributed by atoms with E-state index in [0.29, 0.717) is 28.9 Å². The summed E-state index contributed by atoms with van der Waals surface area (Å²) < 4.78 is 15.0. The van der Waals surface area contributed by atoms with Crippen molar-refractivity contribution in [1.82, 2.24) is 15.2 Å². The Kier molecular flexibility index (Phi) is 9.05. The van der Waals surface area contributed by atoms with Crippen molar-refractivity contribution in [3.05, 3.63) is 72.2 Å². The van der Waals surface area contributed by atoms with Crippen molar-refractivity contribution in [2.75, 3.05) is 12.4 Å². The van der Waals surface area contributed by atoms with Crippen LogP contribution >= 0.6 is 0 Å². The van der Waals surface area contributed by atoms with Crippen LogP contribution in [0.4, 0.5) is 14.9 Å². The van der Waals surface area contributed by atoms with E-state index in [2.05, 4.69) is 15.6 Å². The first-order valence-corrected chi connectivity index (χ1v) is 13.8. The molecule has 41 heavy (non-hydrogen) atoms. The van der Waals surface area contributed by atoms with Crippen LogP contribution in [0.3, 0.4) is 0 Å². The molecule has 1 aliphatic rings. The van der Waals surface area contributed by atoms with Crippen LogP contribution in [0.25, 0.3) is 22.4 Å². The Morgan fingerprint density at radius 3 is 2.29 bits per heavy atom. The molecule has 0 aliphatic heterocycles. The molecule has 1 fully saturated rings. The van der Waals surface area contributed by atoms with Gasteiger partial charge in [0.2, 0.25) is 11.8 Å². The van der Waals surface area contributed by atoms with Gasteiger partial charge in [0.25, 0.3) is 0 Å². The average molecular weight is 561 g/mol. The summed E-state index contributed by atoms with van der Waals surface area (Å²) in [6, 6.07) is 15.7. The third-order valence-corrected chi connectivity index (χ3v) is 7.97. The molecule has 1 aromatic heterocycles. The van der Waals surface area contributed by atoms with Gasteiger partial charge in [-0.05, 0) is 63.1 Å². The molecule has 3 N–H and O–H groups in total. The molecule has 0 spiro atoms. The van der Waals surface area contributed by atoms with Gasteiger partial charge in [-0.1, -0.05) is 42.5 Å². The normalized spacial score (nSPS) is 17.0. The molecule has 9 heteroatoms. The zero-order chi connectivity index (χ0) is 29.7. The first-order valence-electron chi connectivity index (χ1n) is 13.8. The van der Waals surface area contributed by atoms with Crippen LogP contribution in [0, 0.1) is 11.7 Å². The topological polar surface area (TPSA) is 112 Å². The van der Waals surface area contributed by atoms with E-state index in [4.69, 9.17) is 5.11 Å². The Balaban J connectivity index is 1.54. The molecule has 1 saturated carbocycles. The summed E-state index contributed by atoms with van der Waals surface area (Å²) in [7, 11) is 1.83. The van der Waals surface area contributed by atoms with Crippen LogP contribution in [0.15, 0.2) is 60.8 Å². The van der Waals surface area contributed by atoms with Crippen molar-refractivity contribution in [3.63, 3.8) is 0 Å². The number of carbonyl (C=O) groups is 3. The number of amides is 3. The van der Waals surface area contributed by atoms with Gasteiger partial charge in [-0.2, -0.15) is 0 Å². The van der Waals surface area contributed by atoms with Crippen LogP contribution in [0.5, 0.6) is 0 Å². The smallest absolute Gasteiger partial charge is 0.405 e. The summed E-state index contributed by atoms with van der Waals surface area (Å²) in [6.45, 7) is 5.11. The molecule has 3 aromatic rings. The van der Waals surface area contributed by atoms with Crippen LogP contribution in [0.1, 0.15) is 58.4 Å². The lowest BCUT2D eigenvalue weighted by atomic mass is 9.83. The molecule has 1 aliphatic carbocycles. The Morgan fingerprint density at radius 2 is 1.68 bits per heavy atom. The summed E-state index contributed by atoms with van der Waals surface area (Å²) in [4.78, 5) is 42.2. The van der Waals surface area contributed by atoms with Gasteiger partial charge < -0.3 is 20.6 Å². The van der Waals surface area contributed by atoms with Crippen LogP contribution in [-0.2, 0) is 15.1 Å². The molecule has 8 nitrogen and oxygen atoms in total. The minimum absolute atomic E-state index is 0.0581. The van der Waals surface area contributed by atoms with Gasteiger partial charge in [0.1, 0.15) is 5.82 Å². The number of carboxylic acid groups (broad SMARTS) is 1. The largest absolute Gasteiger partial charge is 0.465 e. The monoisotopic (exact) mass is 560 g/mol. The van der Waals surface area contributed by atoms with E-state index in [1.807, 2.05) is 31.3 Å². The zero-order valence-electron chi connectivity index (χ0n) is 23.9. The Morgan fingerprint density at radius 1 is 1.02 bits per heavy atom. The highest BCUT2D eigenvalue weighted by atomic mass is 19.1. The van der Waals surface area contributed by atoms with E-state index in [1.54, 1.807) is 56.1 Å². The molecule has 0 bridgehead atoms. The highest BCUT2D eigenvalue weighted by Crippen LogP contribution is 2.35. The molecule has 3 amide bonds. The fraction of sp³-hybridized carbons (Fsp3) is 0.375. The van der Waals surface area contributed by atoms with Crippen molar-refractivity contribution in [1.29, 1.82) is 0 Å². The number of hydrogen-bond donors (Lipinski definition) is 3. The Labute approximate surface area is 240 Å². The molecule has 0 atom stereocenters. The average Bonchev–Trinajstić information content (AvgIpc) is 2.92. The van der Waals surface area contributed by atoms with Gasteiger partial charge in [0.15, 0.2) is 0 Å². The fourth-order valence-electron chi connectivity index (χ4n) is 5.50. The van der Waals surface area contributed by atoms with E-state index < -0.39 is 17.4 Å². The highest BCUT2D eigenvalue weighted by Gasteiger charge is 2.27. The van der Waals surface area contributed by atoms with Gasteiger partial charge in [0, 0.05) is 43.1 Å². The van der Waals surface area contributed by atoms with E-state index >= 15 is 0 Å². The fourth-order valence-corrected chi connectivity index (χ4v) is 5.50. The number of nitrogens with zero attached hydrogens (tertiary/aromatic N) is 2. The number of pyridine rings is 1. The first-order chi connectivity index (χ1) is 19.4. The summed E-state index contributed by atoms with van der Waals surface area (Å²) >= 11 is 0. The van der Waals surface area contributed by atoms with E-state index in [-0.39, 0.29) is 23.8 Å². The second-order valence-corrected chi connectivity index (χ2v) is 11.3. The highest BCUT2D eigenvalue weighted by molar-refractivity contribution is 5.93. The predicted octanol–water partition coefficient (Wildman–Crippen LogP) is 6.42. The van der Waals surface area contributed by atoms with Crippen molar-refractivity contribution in [3.8, 4) is 22.4 Å². The maximum Gasteiger partial charge on any atom is 0.405 e. The third-order valence-electron chi connectivity index (χ3n) is 7.97. The van der Waals surface area contributed by atoms with Gasteiger partial charge in [-0.3, -0.25) is 14.6 Å². The van der Waals surface area contributed by atoms with Crippen LogP contribution < -0.4 is 10.6 Å². The van der Waals surface area contributed by atoms with E-state index in [0.717, 1.165) is 36.8 Å². The van der Waals surface area contributed by atoms with Crippen LogP contribution in [-0.4, -0.2) is 46.0 Å². The second kappa shape index (κ2) is 12.5.